The highest BCUT2D eigenvalue weighted by atomic mass is 79.9. The largest absolute Gasteiger partial charge is 0.306 e. The number of carbonyl (C=O) groups excluding carboxylic acids is 1. The van der Waals surface area contributed by atoms with Gasteiger partial charge in [0.2, 0.25) is 0 Å². The molecule has 92 valence electrons. The molecule has 0 aliphatic rings. The molecule has 0 radical (unpaired) electrons. The highest BCUT2D eigenvalue weighted by Crippen LogP contribution is 2.22. The summed E-state index contributed by atoms with van der Waals surface area (Å²) in [6, 6.07) is 6.44. The van der Waals surface area contributed by atoms with Crippen LogP contribution in [0.4, 0.5) is 5.82 Å². The Morgan fingerprint density at radius 3 is 2.67 bits per heavy atom. The van der Waals surface area contributed by atoms with Crippen LogP contribution in [0.1, 0.15) is 10.4 Å². The zero-order valence-electron chi connectivity index (χ0n) is 8.82. The monoisotopic (exact) mass is 345 g/mol. The molecular weight excluding hydrogens is 341 g/mol. The summed E-state index contributed by atoms with van der Waals surface area (Å²) in [7, 11) is 0. The van der Waals surface area contributed by atoms with Gasteiger partial charge in [-0.2, -0.15) is 0 Å². The number of anilines is 1. The average molecular weight is 347 g/mol. The van der Waals surface area contributed by atoms with E-state index in [1.165, 1.54) is 12.4 Å². The highest BCUT2D eigenvalue weighted by molar-refractivity contribution is 9.10. The van der Waals surface area contributed by atoms with Gasteiger partial charge in [-0.15, -0.1) is 0 Å². The Hall–Kier alpha value is -1.17. The van der Waals surface area contributed by atoms with E-state index in [0.717, 1.165) is 4.47 Å². The second-order valence-electron chi connectivity index (χ2n) is 3.30. The number of nitrogens with one attached hydrogen (secondary N) is 1. The minimum absolute atomic E-state index is 0.252. The molecule has 1 heterocycles. The van der Waals surface area contributed by atoms with Crippen molar-refractivity contribution in [1.82, 2.24) is 9.97 Å². The van der Waals surface area contributed by atoms with E-state index in [0.29, 0.717) is 16.4 Å². The first-order chi connectivity index (χ1) is 8.56. The predicted octanol–water partition coefficient (Wildman–Crippen LogP) is 3.80. The van der Waals surface area contributed by atoms with E-state index in [1.807, 2.05) is 0 Å². The Labute approximate surface area is 121 Å². The Balaban J connectivity index is 2.22. The average Bonchev–Trinajstić information content (AvgIpc) is 2.28. The molecule has 0 spiro atoms. The smallest absolute Gasteiger partial charge is 0.258 e. The fourth-order valence-electron chi connectivity index (χ4n) is 1.26. The molecule has 1 aromatic carbocycles. The summed E-state index contributed by atoms with van der Waals surface area (Å²) in [5, 5.41) is 3.19. The summed E-state index contributed by atoms with van der Waals surface area (Å²) in [6.07, 6.45) is 1.27. The molecule has 0 bridgehead atoms. The minimum Gasteiger partial charge on any atom is -0.306 e. The zero-order chi connectivity index (χ0) is 13.1. The number of rotatable bonds is 2. The molecule has 0 atom stereocenters. The van der Waals surface area contributed by atoms with Crippen molar-refractivity contribution in [2.24, 2.45) is 0 Å². The lowest BCUT2D eigenvalue weighted by molar-refractivity contribution is 0.102. The van der Waals surface area contributed by atoms with Gasteiger partial charge >= 0.3 is 0 Å². The van der Waals surface area contributed by atoms with Crippen molar-refractivity contribution in [2.75, 3.05) is 5.32 Å². The topological polar surface area (TPSA) is 54.9 Å². The first-order valence-electron chi connectivity index (χ1n) is 4.80. The Bertz CT molecular complexity index is 607. The number of carbonyl (C=O) groups is 1. The van der Waals surface area contributed by atoms with Crippen molar-refractivity contribution in [1.29, 1.82) is 0 Å². The number of aromatic nitrogens is 2. The summed E-state index contributed by atoms with van der Waals surface area (Å²) < 4.78 is 0.800. The molecule has 1 aromatic heterocycles. The third-order valence-corrected chi connectivity index (χ3v) is 3.06. The molecule has 2 aromatic rings. The molecule has 0 saturated carbocycles. The number of benzene rings is 1. The van der Waals surface area contributed by atoms with Crippen LogP contribution in [0.3, 0.4) is 0 Å². The van der Waals surface area contributed by atoms with Gasteiger partial charge in [-0.3, -0.25) is 4.79 Å². The predicted molar refractivity (Wildman–Crippen MR) is 74.1 cm³/mol. The van der Waals surface area contributed by atoms with Crippen molar-refractivity contribution in [2.45, 2.75) is 0 Å². The van der Waals surface area contributed by atoms with E-state index >= 15 is 0 Å². The summed E-state index contributed by atoms with van der Waals surface area (Å²) in [6.45, 7) is 0. The van der Waals surface area contributed by atoms with Crippen LogP contribution in [-0.2, 0) is 0 Å². The lowest BCUT2D eigenvalue weighted by atomic mass is 10.2. The number of halogens is 3. The fraction of sp³-hybridized carbons (Fsp3) is 0. The molecule has 18 heavy (non-hydrogen) atoms. The van der Waals surface area contributed by atoms with Gasteiger partial charge < -0.3 is 5.32 Å². The molecule has 1 amide bonds. The Kier molecular flexibility index (Phi) is 4.16. The van der Waals surface area contributed by atoms with Gasteiger partial charge in [-0.1, -0.05) is 39.1 Å². The van der Waals surface area contributed by atoms with E-state index in [4.69, 9.17) is 23.2 Å². The van der Waals surface area contributed by atoms with Gasteiger partial charge in [0.05, 0.1) is 10.6 Å². The van der Waals surface area contributed by atoms with Crippen molar-refractivity contribution in [3.8, 4) is 0 Å². The van der Waals surface area contributed by atoms with Crippen LogP contribution in [0.15, 0.2) is 35.1 Å². The van der Waals surface area contributed by atoms with Gasteiger partial charge in [-0.25, -0.2) is 9.97 Å². The van der Waals surface area contributed by atoms with Gasteiger partial charge in [-0.05, 0) is 18.2 Å². The van der Waals surface area contributed by atoms with Gasteiger partial charge in [0.25, 0.3) is 5.91 Å². The highest BCUT2D eigenvalue weighted by Gasteiger charge is 2.11. The van der Waals surface area contributed by atoms with E-state index in [1.54, 1.807) is 18.2 Å². The molecule has 0 aliphatic carbocycles. The minimum atomic E-state index is -0.359. The van der Waals surface area contributed by atoms with E-state index in [2.05, 4.69) is 31.2 Å². The standard InChI is InChI=1S/C11H6BrCl2N3O/c12-6-1-2-7(8(13)3-6)11(18)17-10-4-9(14)15-5-16-10/h1-5H,(H,15,16,17,18). The van der Waals surface area contributed by atoms with Gasteiger partial charge in [0, 0.05) is 10.5 Å². The maximum absolute atomic E-state index is 11.9. The fourth-order valence-corrected chi connectivity index (χ4v) is 2.17. The van der Waals surface area contributed by atoms with E-state index < -0.39 is 0 Å². The second-order valence-corrected chi connectivity index (χ2v) is 5.01. The van der Waals surface area contributed by atoms with Gasteiger partial charge in [0.15, 0.2) is 0 Å². The summed E-state index contributed by atoms with van der Waals surface area (Å²) in [5.74, 6) is -0.0405. The van der Waals surface area contributed by atoms with Crippen LogP contribution in [0.2, 0.25) is 10.2 Å². The lowest BCUT2D eigenvalue weighted by Gasteiger charge is -2.06. The number of hydrogen-bond donors (Lipinski definition) is 1. The third-order valence-electron chi connectivity index (χ3n) is 2.05. The van der Waals surface area contributed by atoms with Crippen molar-refractivity contribution in [3.05, 3.63) is 50.8 Å². The Morgan fingerprint density at radius 2 is 2.00 bits per heavy atom. The van der Waals surface area contributed by atoms with E-state index in [9.17, 15) is 4.79 Å². The maximum atomic E-state index is 11.9. The van der Waals surface area contributed by atoms with Gasteiger partial charge in [0.1, 0.15) is 17.3 Å². The Morgan fingerprint density at radius 1 is 1.22 bits per heavy atom. The van der Waals surface area contributed by atoms with Crippen LogP contribution in [0.5, 0.6) is 0 Å². The number of amides is 1. The number of nitrogens with zero attached hydrogens (tertiary/aromatic N) is 2. The SMILES string of the molecule is O=C(Nc1cc(Cl)ncn1)c1ccc(Br)cc1Cl. The first-order valence-corrected chi connectivity index (χ1v) is 6.35. The van der Waals surface area contributed by atoms with Crippen molar-refractivity contribution < 1.29 is 4.79 Å². The summed E-state index contributed by atoms with van der Waals surface area (Å²) >= 11 is 14.9. The molecule has 4 nitrogen and oxygen atoms in total. The first kappa shape index (κ1) is 13.3. The lowest BCUT2D eigenvalue weighted by Crippen LogP contribution is -2.13. The second kappa shape index (κ2) is 5.65. The molecule has 2 rings (SSSR count). The van der Waals surface area contributed by atoms with Crippen LogP contribution in [0.25, 0.3) is 0 Å². The number of hydrogen-bond acceptors (Lipinski definition) is 3. The molecule has 0 aliphatic heterocycles. The van der Waals surface area contributed by atoms with Crippen LogP contribution in [-0.4, -0.2) is 15.9 Å². The molecular formula is C11H6BrCl2N3O. The molecule has 0 saturated heterocycles. The normalized spacial score (nSPS) is 10.2. The molecule has 1 N–H and O–H groups in total. The molecule has 7 heteroatoms. The molecule has 0 unspecified atom stereocenters. The third kappa shape index (κ3) is 3.19. The summed E-state index contributed by atoms with van der Waals surface area (Å²) in [5.41, 5.74) is 0.356. The quantitative estimate of drug-likeness (QED) is 0.841. The molecule has 0 fully saturated rings. The van der Waals surface area contributed by atoms with Crippen molar-refractivity contribution in [3.63, 3.8) is 0 Å². The zero-order valence-corrected chi connectivity index (χ0v) is 11.9. The maximum Gasteiger partial charge on any atom is 0.258 e. The van der Waals surface area contributed by atoms with Crippen LogP contribution >= 0.6 is 39.1 Å². The van der Waals surface area contributed by atoms with E-state index in [-0.39, 0.29) is 11.1 Å². The summed E-state index contributed by atoms with van der Waals surface area (Å²) in [4.78, 5) is 19.5. The van der Waals surface area contributed by atoms with Crippen LogP contribution in [0, 0.1) is 0 Å². The van der Waals surface area contributed by atoms with Crippen LogP contribution < -0.4 is 5.32 Å². The van der Waals surface area contributed by atoms with Crippen molar-refractivity contribution >= 4 is 50.9 Å².